The van der Waals surface area contributed by atoms with Crippen molar-refractivity contribution in [3.8, 4) is 0 Å². The molecule has 4 heteroatoms. The summed E-state index contributed by atoms with van der Waals surface area (Å²) in [6, 6.07) is 11.4. The highest BCUT2D eigenvalue weighted by atomic mass is 79.9. The van der Waals surface area contributed by atoms with E-state index < -0.39 is 0 Å². The minimum atomic E-state index is 0.106. The first kappa shape index (κ1) is 11.9. The lowest BCUT2D eigenvalue weighted by molar-refractivity contribution is 1.13. The van der Waals surface area contributed by atoms with E-state index in [1.54, 1.807) is 12.3 Å². The lowest BCUT2D eigenvalue weighted by Crippen LogP contribution is -1.93. The normalized spacial score (nSPS) is 12.4. The molecule has 0 saturated heterocycles. The molecule has 82 valence electrons. The van der Waals surface area contributed by atoms with Crippen molar-refractivity contribution in [2.24, 2.45) is 0 Å². The van der Waals surface area contributed by atoms with Gasteiger partial charge in [0.15, 0.2) is 0 Å². The second-order valence-electron chi connectivity index (χ2n) is 3.33. The SMILES string of the molecule is Clc1ccc(C(Br)c2ccc(Cl)nc2)cc1. The number of aromatic nitrogens is 1. The van der Waals surface area contributed by atoms with Crippen molar-refractivity contribution in [2.45, 2.75) is 4.83 Å². The molecule has 0 amide bonds. The van der Waals surface area contributed by atoms with Gasteiger partial charge in [-0.2, -0.15) is 0 Å². The highest BCUT2D eigenvalue weighted by Crippen LogP contribution is 2.31. The van der Waals surface area contributed by atoms with E-state index >= 15 is 0 Å². The predicted molar refractivity (Wildman–Crippen MR) is 71.5 cm³/mol. The summed E-state index contributed by atoms with van der Waals surface area (Å²) in [5.41, 5.74) is 2.19. The molecule has 0 saturated carbocycles. The summed E-state index contributed by atoms with van der Waals surface area (Å²) in [5.74, 6) is 0. The zero-order valence-corrected chi connectivity index (χ0v) is 11.3. The van der Waals surface area contributed by atoms with E-state index in [0.717, 1.165) is 16.1 Å². The Morgan fingerprint density at radius 2 is 1.56 bits per heavy atom. The molecular weight excluding hydrogens is 309 g/mol. The van der Waals surface area contributed by atoms with Crippen LogP contribution in [0.2, 0.25) is 10.2 Å². The third-order valence-electron chi connectivity index (χ3n) is 2.21. The Balaban J connectivity index is 2.28. The molecule has 2 rings (SSSR count). The summed E-state index contributed by atoms with van der Waals surface area (Å²) in [6.07, 6.45) is 1.76. The molecular formula is C12H8BrCl2N. The van der Waals surface area contributed by atoms with Gasteiger partial charge in [0.05, 0.1) is 4.83 Å². The first-order chi connectivity index (χ1) is 7.66. The Morgan fingerprint density at radius 3 is 2.12 bits per heavy atom. The minimum Gasteiger partial charge on any atom is -0.244 e. The van der Waals surface area contributed by atoms with E-state index in [4.69, 9.17) is 23.2 Å². The van der Waals surface area contributed by atoms with Gasteiger partial charge in [0.1, 0.15) is 5.15 Å². The first-order valence-electron chi connectivity index (χ1n) is 4.68. The van der Waals surface area contributed by atoms with Crippen molar-refractivity contribution in [1.82, 2.24) is 4.98 Å². The Kier molecular flexibility index (Phi) is 3.85. The van der Waals surface area contributed by atoms with E-state index in [1.807, 2.05) is 30.3 Å². The van der Waals surface area contributed by atoms with E-state index in [0.29, 0.717) is 5.15 Å². The average molecular weight is 317 g/mol. The number of pyridine rings is 1. The summed E-state index contributed by atoms with van der Waals surface area (Å²) in [6.45, 7) is 0. The molecule has 1 aromatic heterocycles. The third-order valence-corrected chi connectivity index (χ3v) is 3.74. The van der Waals surface area contributed by atoms with Gasteiger partial charge >= 0.3 is 0 Å². The lowest BCUT2D eigenvalue weighted by Gasteiger charge is -2.10. The lowest BCUT2D eigenvalue weighted by atomic mass is 10.1. The summed E-state index contributed by atoms with van der Waals surface area (Å²) in [5, 5.41) is 1.23. The van der Waals surface area contributed by atoms with Crippen LogP contribution in [0.1, 0.15) is 16.0 Å². The highest BCUT2D eigenvalue weighted by molar-refractivity contribution is 9.09. The Hall–Kier alpha value is -0.570. The summed E-state index contributed by atoms with van der Waals surface area (Å²) in [7, 11) is 0. The average Bonchev–Trinajstić information content (AvgIpc) is 2.30. The van der Waals surface area contributed by atoms with Gasteiger partial charge in [-0.15, -0.1) is 0 Å². The molecule has 16 heavy (non-hydrogen) atoms. The molecule has 0 aliphatic heterocycles. The van der Waals surface area contributed by atoms with Gasteiger partial charge in [-0.1, -0.05) is 57.3 Å². The molecule has 0 spiro atoms. The number of hydrogen-bond acceptors (Lipinski definition) is 1. The van der Waals surface area contributed by atoms with Crippen LogP contribution in [0.4, 0.5) is 0 Å². The summed E-state index contributed by atoms with van der Waals surface area (Å²) < 4.78 is 0. The molecule has 0 radical (unpaired) electrons. The number of nitrogens with zero attached hydrogens (tertiary/aromatic N) is 1. The van der Waals surface area contributed by atoms with Gasteiger partial charge in [-0.3, -0.25) is 0 Å². The fourth-order valence-electron chi connectivity index (χ4n) is 1.36. The van der Waals surface area contributed by atoms with Crippen LogP contribution in [-0.4, -0.2) is 4.98 Å². The molecule has 1 aromatic carbocycles. The molecule has 1 atom stereocenters. The van der Waals surface area contributed by atoms with Gasteiger partial charge < -0.3 is 0 Å². The molecule has 1 heterocycles. The Morgan fingerprint density at radius 1 is 0.938 bits per heavy atom. The van der Waals surface area contributed by atoms with Crippen molar-refractivity contribution >= 4 is 39.1 Å². The van der Waals surface area contributed by atoms with Crippen LogP contribution in [-0.2, 0) is 0 Å². The van der Waals surface area contributed by atoms with Crippen LogP contribution >= 0.6 is 39.1 Å². The van der Waals surface area contributed by atoms with E-state index in [1.165, 1.54) is 0 Å². The maximum atomic E-state index is 5.84. The van der Waals surface area contributed by atoms with Gasteiger partial charge in [0.25, 0.3) is 0 Å². The quantitative estimate of drug-likeness (QED) is 0.569. The number of halogens is 3. The smallest absolute Gasteiger partial charge is 0.129 e. The number of rotatable bonds is 2. The van der Waals surface area contributed by atoms with Crippen molar-refractivity contribution in [3.63, 3.8) is 0 Å². The molecule has 2 aromatic rings. The Bertz CT molecular complexity index is 422. The van der Waals surface area contributed by atoms with E-state index in [2.05, 4.69) is 20.9 Å². The van der Waals surface area contributed by atoms with Gasteiger partial charge in [-0.05, 0) is 29.3 Å². The van der Waals surface area contributed by atoms with Crippen LogP contribution < -0.4 is 0 Å². The maximum absolute atomic E-state index is 5.84. The van der Waals surface area contributed by atoms with E-state index in [-0.39, 0.29) is 4.83 Å². The molecule has 0 bridgehead atoms. The maximum Gasteiger partial charge on any atom is 0.129 e. The monoisotopic (exact) mass is 315 g/mol. The van der Waals surface area contributed by atoms with Gasteiger partial charge in [0.2, 0.25) is 0 Å². The standard InChI is InChI=1S/C12H8BrCl2N/c13-12(8-1-4-10(14)5-2-8)9-3-6-11(15)16-7-9/h1-7,12H. The van der Waals surface area contributed by atoms with Crippen LogP contribution in [0.15, 0.2) is 42.6 Å². The van der Waals surface area contributed by atoms with Gasteiger partial charge in [-0.25, -0.2) is 4.98 Å². The zero-order valence-electron chi connectivity index (χ0n) is 8.20. The fraction of sp³-hybridized carbons (Fsp3) is 0.0833. The van der Waals surface area contributed by atoms with Gasteiger partial charge in [0, 0.05) is 11.2 Å². The highest BCUT2D eigenvalue weighted by Gasteiger charge is 2.10. The number of benzene rings is 1. The zero-order chi connectivity index (χ0) is 11.5. The van der Waals surface area contributed by atoms with Crippen molar-refractivity contribution in [3.05, 3.63) is 63.9 Å². The largest absolute Gasteiger partial charge is 0.244 e. The van der Waals surface area contributed by atoms with Crippen LogP contribution in [0.3, 0.4) is 0 Å². The molecule has 0 aliphatic rings. The Labute approximate surface area is 113 Å². The molecule has 0 aliphatic carbocycles. The third kappa shape index (κ3) is 2.76. The van der Waals surface area contributed by atoms with Crippen molar-refractivity contribution in [1.29, 1.82) is 0 Å². The van der Waals surface area contributed by atoms with E-state index in [9.17, 15) is 0 Å². The minimum absolute atomic E-state index is 0.106. The molecule has 1 nitrogen and oxygen atoms in total. The predicted octanol–water partition coefficient (Wildman–Crippen LogP) is 4.87. The molecule has 0 N–H and O–H groups in total. The first-order valence-corrected chi connectivity index (χ1v) is 6.35. The van der Waals surface area contributed by atoms with Crippen LogP contribution in [0.25, 0.3) is 0 Å². The number of hydrogen-bond donors (Lipinski definition) is 0. The molecule has 0 fully saturated rings. The van der Waals surface area contributed by atoms with Crippen LogP contribution in [0, 0.1) is 0 Å². The summed E-state index contributed by atoms with van der Waals surface area (Å²) >= 11 is 15.2. The second kappa shape index (κ2) is 5.17. The number of alkyl halides is 1. The molecule has 1 unspecified atom stereocenters. The second-order valence-corrected chi connectivity index (χ2v) is 5.07. The van der Waals surface area contributed by atoms with Crippen molar-refractivity contribution in [2.75, 3.05) is 0 Å². The van der Waals surface area contributed by atoms with Crippen molar-refractivity contribution < 1.29 is 0 Å². The van der Waals surface area contributed by atoms with Crippen LogP contribution in [0.5, 0.6) is 0 Å². The topological polar surface area (TPSA) is 12.9 Å². The fourth-order valence-corrected chi connectivity index (χ4v) is 2.18. The summed E-state index contributed by atoms with van der Waals surface area (Å²) in [4.78, 5) is 4.16.